The van der Waals surface area contributed by atoms with Crippen molar-refractivity contribution in [1.82, 2.24) is 28.9 Å². The van der Waals surface area contributed by atoms with Gasteiger partial charge in [-0.15, -0.1) is 0 Å². The van der Waals surface area contributed by atoms with E-state index in [1.807, 2.05) is 60.7 Å². The summed E-state index contributed by atoms with van der Waals surface area (Å²) in [5.74, 6) is 2.76. The number of rotatable bonds is 6. The van der Waals surface area contributed by atoms with Gasteiger partial charge in [-0.05, 0) is 41.8 Å². The van der Waals surface area contributed by atoms with Crippen LogP contribution in [0.15, 0.2) is 206 Å². The molecule has 0 unspecified atom stereocenters. The second kappa shape index (κ2) is 13.7. The quantitative estimate of drug-likeness (QED) is 0.158. The van der Waals surface area contributed by atoms with E-state index >= 15 is 0 Å². The fraction of sp³-hybridized carbons (Fsp3) is 0. The molecule has 0 aliphatic rings. The molecular weight excluding hydrogens is 733 g/mol. The largest absolute Gasteiger partial charge is 0.309 e. The first kappa shape index (κ1) is 33.9. The number of benzene rings is 8. The lowest BCUT2D eigenvalue weighted by molar-refractivity contribution is 1.07. The zero-order chi connectivity index (χ0) is 39.6. The molecule has 8 aromatic carbocycles. The average molecular weight is 767 g/mol. The van der Waals surface area contributed by atoms with Crippen LogP contribution in [0.3, 0.4) is 0 Å². The molecule has 4 aromatic heterocycles. The molecule has 0 aliphatic heterocycles. The molecule has 280 valence electrons. The third-order valence-corrected chi connectivity index (χ3v) is 11.5. The van der Waals surface area contributed by atoms with Crippen molar-refractivity contribution in [3.63, 3.8) is 0 Å². The Morgan fingerprint density at radius 3 is 1.45 bits per heavy atom. The number of pyridine rings is 1. The second-order valence-corrected chi connectivity index (χ2v) is 15.0. The van der Waals surface area contributed by atoms with Gasteiger partial charge in [0.25, 0.3) is 0 Å². The SMILES string of the molecule is c1ccc(-c2nc(-c3ccccc3)nc(-c3ccc4c(c3)c3c5c6ccccc6n(-c6ccccc6)c5ccc3n3c(-c5ccccc5)nc(-c5ccccc5)c43)n2)cc1. The average Bonchev–Trinajstić information content (AvgIpc) is 3.90. The Hall–Kier alpha value is -8.22. The van der Waals surface area contributed by atoms with Crippen LogP contribution in [-0.4, -0.2) is 28.9 Å². The highest BCUT2D eigenvalue weighted by atomic mass is 15.1. The van der Waals surface area contributed by atoms with Crippen LogP contribution < -0.4 is 0 Å². The molecule has 0 atom stereocenters. The van der Waals surface area contributed by atoms with Crippen molar-refractivity contribution < 1.29 is 0 Å². The van der Waals surface area contributed by atoms with Crippen LogP contribution in [0.5, 0.6) is 0 Å². The highest BCUT2D eigenvalue weighted by Crippen LogP contribution is 2.45. The van der Waals surface area contributed by atoms with E-state index in [1.165, 1.54) is 10.8 Å². The zero-order valence-electron chi connectivity index (χ0n) is 32.3. The first-order chi connectivity index (χ1) is 29.8. The molecule has 6 heteroatoms. The maximum Gasteiger partial charge on any atom is 0.164 e. The molecule has 0 saturated heterocycles. The maximum atomic E-state index is 5.52. The summed E-state index contributed by atoms with van der Waals surface area (Å²) in [6.45, 7) is 0. The van der Waals surface area contributed by atoms with Gasteiger partial charge in [-0.2, -0.15) is 0 Å². The molecule has 0 fully saturated rings. The minimum Gasteiger partial charge on any atom is -0.309 e. The Labute approximate surface area is 345 Å². The van der Waals surface area contributed by atoms with E-state index in [0.717, 1.165) is 83.2 Å². The standard InChI is InChI=1S/C54H34N6/c1-6-18-35(19-7-1)49-50-41-31-30-39(53-57-51(36-20-8-2-9-21-36)56-52(58-53)37-22-10-3-11-23-37)34-43(41)48-46(60(50)54(55-49)38-24-12-4-13-25-38)33-32-45-47(48)42-28-16-17-29-44(42)59(45)40-26-14-5-15-27-40/h1-34H. The van der Waals surface area contributed by atoms with Crippen LogP contribution in [0.4, 0.5) is 0 Å². The molecule has 0 N–H and O–H groups in total. The fourth-order valence-corrected chi connectivity index (χ4v) is 8.88. The van der Waals surface area contributed by atoms with E-state index in [2.05, 4.69) is 155 Å². The van der Waals surface area contributed by atoms with E-state index in [0.29, 0.717) is 17.5 Å². The van der Waals surface area contributed by atoms with Crippen LogP contribution in [-0.2, 0) is 0 Å². The van der Waals surface area contributed by atoms with Crippen LogP contribution in [0.2, 0.25) is 0 Å². The number of fused-ring (bicyclic) bond motifs is 10. The highest BCUT2D eigenvalue weighted by molar-refractivity contribution is 6.30. The second-order valence-electron chi connectivity index (χ2n) is 15.0. The van der Waals surface area contributed by atoms with Gasteiger partial charge in [-0.25, -0.2) is 19.9 Å². The number of aromatic nitrogens is 6. The molecular formula is C54H34N6. The molecule has 60 heavy (non-hydrogen) atoms. The third-order valence-electron chi connectivity index (χ3n) is 11.5. The summed E-state index contributed by atoms with van der Waals surface area (Å²) in [6, 6.07) is 72.0. The zero-order valence-corrected chi connectivity index (χ0v) is 32.3. The summed E-state index contributed by atoms with van der Waals surface area (Å²) in [5, 5.41) is 5.67. The van der Waals surface area contributed by atoms with Crippen molar-refractivity contribution in [2.75, 3.05) is 0 Å². The van der Waals surface area contributed by atoms with E-state index in [9.17, 15) is 0 Å². The van der Waals surface area contributed by atoms with Crippen molar-refractivity contribution in [3.8, 4) is 62.5 Å². The van der Waals surface area contributed by atoms with Crippen molar-refractivity contribution >= 4 is 49.0 Å². The number of hydrogen-bond acceptors (Lipinski definition) is 4. The van der Waals surface area contributed by atoms with E-state index < -0.39 is 0 Å². The normalized spacial score (nSPS) is 11.7. The molecule has 6 nitrogen and oxygen atoms in total. The maximum absolute atomic E-state index is 5.52. The van der Waals surface area contributed by atoms with Gasteiger partial charge in [0, 0.05) is 55.0 Å². The summed E-state index contributed by atoms with van der Waals surface area (Å²) in [4.78, 5) is 20.9. The lowest BCUT2D eigenvalue weighted by Gasteiger charge is -2.15. The Morgan fingerprint density at radius 2 is 0.817 bits per heavy atom. The van der Waals surface area contributed by atoms with Crippen molar-refractivity contribution in [2.24, 2.45) is 0 Å². The summed E-state index contributed by atoms with van der Waals surface area (Å²) >= 11 is 0. The lowest BCUT2D eigenvalue weighted by Crippen LogP contribution is -2.00. The molecule has 4 heterocycles. The van der Waals surface area contributed by atoms with Gasteiger partial charge in [-0.1, -0.05) is 170 Å². The molecule has 0 aliphatic carbocycles. The Balaban J connectivity index is 1.26. The monoisotopic (exact) mass is 766 g/mol. The van der Waals surface area contributed by atoms with Gasteiger partial charge in [0.2, 0.25) is 0 Å². The number of hydrogen-bond donors (Lipinski definition) is 0. The van der Waals surface area contributed by atoms with Crippen molar-refractivity contribution in [1.29, 1.82) is 0 Å². The molecule has 0 spiro atoms. The molecule has 0 saturated carbocycles. The van der Waals surface area contributed by atoms with Crippen molar-refractivity contribution in [3.05, 3.63) is 206 Å². The summed E-state index contributed by atoms with van der Waals surface area (Å²) < 4.78 is 4.77. The molecule has 12 aromatic rings. The van der Waals surface area contributed by atoms with Crippen LogP contribution >= 0.6 is 0 Å². The lowest BCUT2D eigenvalue weighted by atomic mass is 9.96. The third kappa shape index (κ3) is 5.35. The van der Waals surface area contributed by atoms with Gasteiger partial charge in [0.05, 0.1) is 27.8 Å². The summed E-state index contributed by atoms with van der Waals surface area (Å²) in [6.07, 6.45) is 0. The minimum atomic E-state index is 0.610. The molecule has 0 bridgehead atoms. The van der Waals surface area contributed by atoms with Gasteiger partial charge in [0.1, 0.15) is 5.82 Å². The predicted octanol–water partition coefficient (Wildman–Crippen LogP) is 13.3. The topological polar surface area (TPSA) is 60.9 Å². The Kier molecular flexibility index (Phi) is 7.74. The van der Waals surface area contributed by atoms with Crippen molar-refractivity contribution in [2.45, 2.75) is 0 Å². The fourth-order valence-electron chi connectivity index (χ4n) is 8.88. The minimum absolute atomic E-state index is 0.610. The molecule has 12 rings (SSSR count). The van der Waals surface area contributed by atoms with Crippen LogP contribution in [0.25, 0.3) is 111 Å². The summed E-state index contributed by atoms with van der Waals surface area (Å²) in [5.41, 5.74) is 11.3. The Bertz CT molecular complexity index is 3500. The number of nitrogens with zero attached hydrogens (tertiary/aromatic N) is 6. The first-order valence-electron chi connectivity index (χ1n) is 20.2. The smallest absolute Gasteiger partial charge is 0.164 e. The predicted molar refractivity (Wildman–Crippen MR) is 245 cm³/mol. The van der Waals surface area contributed by atoms with E-state index in [4.69, 9.17) is 19.9 Å². The van der Waals surface area contributed by atoms with Crippen LogP contribution in [0, 0.1) is 0 Å². The van der Waals surface area contributed by atoms with Gasteiger partial charge < -0.3 is 4.57 Å². The van der Waals surface area contributed by atoms with Crippen LogP contribution in [0.1, 0.15) is 0 Å². The molecule has 0 amide bonds. The highest BCUT2D eigenvalue weighted by Gasteiger charge is 2.24. The first-order valence-corrected chi connectivity index (χ1v) is 20.2. The number of imidazole rings is 1. The summed E-state index contributed by atoms with van der Waals surface area (Å²) in [7, 11) is 0. The van der Waals surface area contributed by atoms with Gasteiger partial charge >= 0.3 is 0 Å². The van der Waals surface area contributed by atoms with E-state index in [1.54, 1.807) is 0 Å². The van der Waals surface area contributed by atoms with E-state index in [-0.39, 0.29) is 0 Å². The van der Waals surface area contributed by atoms with Gasteiger partial charge in [-0.3, -0.25) is 4.40 Å². The van der Waals surface area contributed by atoms with Gasteiger partial charge in [0.15, 0.2) is 17.5 Å². The number of para-hydroxylation sites is 2. The molecule has 0 radical (unpaired) electrons. The Morgan fingerprint density at radius 1 is 0.317 bits per heavy atom.